The molecule has 0 radical (unpaired) electrons. The lowest BCUT2D eigenvalue weighted by Crippen LogP contribution is -2.17. The number of benzene rings is 1. The molecule has 17 heavy (non-hydrogen) atoms. The number of rotatable bonds is 1. The van der Waals surface area contributed by atoms with Crippen LogP contribution in [0.4, 0.5) is 13.2 Å². The molecule has 0 saturated carbocycles. The third-order valence-electron chi connectivity index (χ3n) is 1.87. The van der Waals surface area contributed by atoms with Crippen molar-refractivity contribution < 1.29 is 18.0 Å². The Kier molecular flexibility index (Phi) is 3.55. The van der Waals surface area contributed by atoms with Gasteiger partial charge in [0, 0.05) is 0 Å². The monoisotopic (exact) mass is 282 g/mol. The minimum atomic E-state index is -4.88. The Morgan fingerprint density at radius 2 is 1.94 bits per heavy atom. The van der Waals surface area contributed by atoms with E-state index in [4.69, 9.17) is 34.2 Å². The molecule has 90 valence electrons. The molecule has 1 amide bonds. The fourth-order valence-electron chi connectivity index (χ4n) is 1.21. The molecule has 1 aromatic rings. The van der Waals surface area contributed by atoms with Gasteiger partial charge in [0.1, 0.15) is 0 Å². The van der Waals surface area contributed by atoms with Gasteiger partial charge in [0.2, 0.25) is 0 Å². The minimum Gasteiger partial charge on any atom is -0.366 e. The van der Waals surface area contributed by atoms with Crippen molar-refractivity contribution in [3.05, 3.63) is 32.8 Å². The highest BCUT2D eigenvalue weighted by Gasteiger charge is 2.38. The van der Waals surface area contributed by atoms with Crippen molar-refractivity contribution in [2.45, 2.75) is 6.18 Å². The predicted molar refractivity (Wildman–Crippen MR) is 54.7 cm³/mol. The van der Waals surface area contributed by atoms with E-state index in [0.717, 1.165) is 0 Å². The molecule has 8 heteroatoms. The first-order valence-electron chi connectivity index (χ1n) is 3.99. The van der Waals surface area contributed by atoms with E-state index in [9.17, 15) is 18.0 Å². The third-order valence-corrected chi connectivity index (χ3v) is 2.54. The molecule has 1 aromatic carbocycles. The molecule has 0 bridgehead atoms. The van der Waals surface area contributed by atoms with Crippen molar-refractivity contribution in [2.75, 3.05) is 0 Å². The van der Waals surface area contributed by atoms with Crippen LogP contribution in [0, 0.1) is 11.3 Å². The molecule has 0 atom stereocenters. The summed E-state index contributed by atoms with van der Waals surface area (Å²) in [7, 11) is 0. The summed E-state index contributed by atoms with van der Waals surface area (Å²) in [5, 5.41) is 7.22. The number of hydrogen-bond donors (Lipinski definition) is 1. The summed E-state index contributed by atoms with van der Waals surface area (Å²) in [5.74, 6) is -1.20. The Labute approximate surface area is 104 Å². The van der Waals surface area contributed by atoms with Crippen LogP contribution in [0.15, 0.2) is 6.07 Å². The number of amides is 1. The number of carbonyl (C=O) groups excluding carboxylic acids is 1. The van der Waals surface area contributed by atoms with Crippen LogP contribution in [0.1, 0.15) is 21.5 Å². The molecule has 0 heterocycles. The Morgan fingerprint density at radius 3 is 2.29 bits per heavy atom. The average molecular weight is 283 g/mol. The standard InChI is InChI=1S/C9H3Cl2F3N2O/c10-4-1-3(2-15)6(9(12,13)14)7(11)5(4)8(16)17/h1H,(H2,16,17). The van der Waals surface area contributed by atoms with E-state index < -0.39 is 38.8 Å². The van der Waals surface area contributed by atoms with Crippen LogP contribution in [0.2, 0.25) is 10.0 Å². The van der Waals surface area contributed by atoms with E-state index in [1.165, 1.54) is 6.07 Å². The maximum absolute atomic E-state index is 12.6. The van der Waals surface area contributed by atoms with Crippen molar-refractivity contribution >= 4 is 29.1 Å². The summed E-state index contributed by atoms with van der Waals surface area (Å²) in [6, 6.07) is 2.01. The lowest BCUT2D eigenvalue weighted by atomic mass is 10.0. The quantitative estimate of drug-likeness (QED) is 0.860. The number of alkyl halides is 3. The van der Waals surface area contributed by atoms with Crippen molar-refractivity contribution in [3.8, 4) is 6.07 Å². The summed E-state index contributed by atoms with van der Waals surface area (Å²) in [4.78, 5) is 10.9. The van der Waals surface area contributed by atoms with Crippen molar-refractivity contribution in [1.82, 2.24) is 0 Å². The van der Waals surface area contributed by atoms with Gasteiger partial charge >= 0.3 is 6.18 Å². The molecule has 3 nitrogen and oxygen atoms in total. The second kappa shape index (κ2) is 4.43. The van der Waals surface area contributed by atoms with Crippen molar-refractivity contribution in [3.63, 3.8) is 0 Å². The zero-order valence-corrected chi connectivity index (χ0v) is 9.41. The van der Waals surface area contributed by atoms with Gasteiger partial charge in [-0.3, -0.25) is 4.79 Å². The zero-order chi connectivity index (χ0) is 13.4. The third kappa shape index (κ3) is 2.46. The van der Waals surface area contributed by atoms with Gasteiger partial charge in [-0.1, -0.05) is 23.2 Å². The van der Waals surface area contributed by atoms with Crippen LogP contribution in [0.25, 0.3) is 0 Å². The van der Waals surface area contributed by atoms with Crippen molar-refractivity contribution in [1.29, 1.82) is 5.26 Å². The summed E-state index contributed by atoms with van der Waals surface area (Å²) >= 11 is 10.9. The first-order chi connectivity index (χ1) is 7.70. The summed E-state index contributed by atoms with van der Waals surface area (Å²) in [5.41, 5.74) is 2.02. The second-order valence-corrected chi connectivity index (χ2v) is 3.73. The summed E-state index contributed by atoms with van der Waals surface area (Å²) in [6.07, 6.45) is -4.88. The molecular formula is C9H3Cl2F3N2O. The molecule has 0 saturated heterocycles. The topological polar surface area (TPSA) is 66.9 Å². The van der Waals surface area contributed by atoms with Crippen LogP contribution in [0.5, 0.6) is 0 Å². The molecule has 0 fully saturated rings. The smallest absolute Gasteiger partial charge is 0.366 e. The van der Waals surface area contributed by atoms with E-state index in [2.05, 4.69) is 0 Å². The van der Waals surface area contributed by atoms with Gasteiger partial charge in [-0.25, -0.2) is 0 Å². The van der Waals surface area contributed by atoms with Crippen LogP contribution >= 0.6 is 23.2 Å². The first kappa shape index (κ1) is 13.6. The largest absolute Gasteiger partial charge is 0.419 e. The minimum absolute atomic E-state index is 0.396. The average Bonchev–Trinajstić information content (AvgIpc) is 2.13. The molecule has 1 rings (SSSR count). The van der Waals surface area contributed by atoms with Gasteiger partial charge in [0.25, 0.3) is 5.91 Å². The molecule has 0 aromatic heterocycles. The van der Waals surface area contributed by atoms with Crippen LogP contribution in [-0.2, 0) is 6.18 Å². The van der Waals surface area contributed by atoms with Gasteiger partial charge in [0.05, 0.1) is 32.8 Å². The van der Waals surface area contributed by atoms with Crippen LogP contribution < -0.4 is 5.73 Å². The van der Waals surface area contributed by atoms with Gasteiger partial charge < -0.3 is 5.73 Å². The van der Waals surface area contributed by atoms with Gasteiger partial charge in [-0.15, -0.1) is 0 Å². The fraction of sp³-hybridized carbons (Fsp3) is 0.111. The molecule has 0 aliphatic heterocycles. The molecule has 0 unspecified atom stereocenters. The number of halogens is 5. The number of nitrogens with two attached hydrogens (primary N) is 1. The molecule has 2 N–H and O–H groups in total. The van der Waals surface area contributed by atoms with Crippen LogP contribution in [-0.4, -0.2) is 5.91 Å². The number of nitrogens with zero attached hydrogens (tertiary/aromatic N) is 1. The Hall–Kier alpha value is -1.45. The highest BCUT2D eigenvalue weighted by molar-refractivity contribution is 6.40. The normalized spacial score (nSPS) is 11.1. The SMILES string of the molecule is N#Cc1cc(Cl)c(C(N)=O)c(Cl)c1C(F)(F)F. The molecular weight excluding hydrogens is 280 g/mol. The van der Waals surface area contributed by atoms with Crippen molar-refractivity contribution in [2.24, 2.45) is 5.73 Å². The molecule has 0 aliphatic rings. The highest BCUT2D eigenvalue weighted by Crippen LogP contribution is 2.41. The van der Waals surface area contributed by atoms with E-state index in [0.29, 0.717) is 6.07 Å². The Bertz CT molecular complexity index is 535. The lowest BCUT2D eigenvalue weighted by molar-refractivity contribution is -0.137. The predicted octanol–water partition coefficient (Wildman–Crippen LogP) is 2.98. The summed E-state index contributed by atoms with van der Waals surface area (Å²) in [6.45, 7) is 0. The first-order valence-corrected chi connectivity index (χ1v) is 4.74. The number of nitriles is 1. The fourth-order valence-corrected chi connectivity index (χ4v) is 1.96. The van der Waals surface area contributed by atoms with Gasteiger partial charge in [-0.05, 0) is 6.07 Å². The van der Waals surface area contributed by atoms with Crippen LogP contribution in [0.3, 0.4) is 0 Å². The van der Waals surface area contributed by atoms with E-state index in [1.807, 2.05) is 0 Å². The number of hydrogen-bond acceptors (Lipinski definition) is 2. The maximum Gasteiger partial charge on any atom is 0.419 e. The van der Waals surface area contributed by atoms with E-state index in [-0.39, 0.29) is 0 Å². The van der Waals surface area contributed by atoms with E-state index in [1.54, 1.807) is 0 Å². The van der Waals surface area contributed by atoms with Gasteiger partial charge in [-0.2, -0.15) is 18.4 Å². The zero-order valence-electron chi connectivity index (χ0n) is 7.90. The maximum atomic E-state index is 12.6. The van der Waals surface area contributed by atoms with Gasteiger partial charge in [0.15, 0.2) is 0 Å². The molecule has 0 spiro atoms. The number of primary amides is 1. The highest BCUT2D eigenvalue weighted by atomic mass is 35.5. The lowest BCUT2D eigenvalue weighted by Gasteiger charge is -2.13. The molecule has 0 aliphatic carbocycles. The number of carbonyl (C=O) groups is 1. The second-order valence-electron chi connectivity index (χ2n) is 2.94. The Balaban J connectivity index is 3.76. The van der Waals surface area contributed by atoms with E-state index >= 15 is 0 Å². The Morgan fingerprint density at radius 1 is 1.41 bits per heavy atom. The summed E-state index contributed by atoms with van der Waals surface area (Å²) < 4.78 is 37.9.